The van der Waals surface area contributed by atoms with Gasteiger partial charge in [-0.15, -0.1) is 0 Å². The first-order valence-corrected chi connectivity index (χ1v) is 15.4. The van der Waals surface area contributed by atoms with Crippen LogP contribution in [0.1, 0.15) is 68.7 Å². The van der Waals surface area contributed by atoms with Crippen molar-refractivity contribution in [1.82, 2.24) is 19.7 Å². The number of rotatable bonds is 9. The van der Waals surface area contributed by atoms with Crippen LogP contribution in [0.3, 0.4) is 0 Å². The number of nitrogens with zero attached hydrogens (tertiary/aromatic N) is 4. The second kappa shape index (κ2) is 11.4. The van der Waals surface area contributed by atoms with E-state index in [1.807, 2.05) is 52.9 Å². The maximum Gasteiger partial charge on any atom is 0.410 e. The van der Waals surface area contributed by atoms with Gasteiger partial charge in [-0.25, -0.2) is 9.18 Å². The van der Waals surface area contributed by atoms with E-state index in [9.17, 15) is 14.3 Å². The molecular weight excluding hydrogens is 578 g/mol. The van der Waals surface area contributed by atoms with E-state index in [1.54, 1.807) is 24.0 Å². The van der Waals surface area contributed by atoms with Gasteiger partial charge in [0.25, 0.3) is 0 Å². The summed E-state index contributed by atoms with van der Waals surface area (Å²) in [6.45, 7) is 7.70. The lowest BCUT2D eigenvalue weighted by molar-refractivity contribution is -0.187. The summed E-state index contributed by atoms with van der Waals surface area (Å²) in [5, 5.41) is 16.6. The van der Waals surface area contributed by atoms with Crippen molar-refractivity contribution in [2.45, 2.75) is 71.6 Å². The molecule has 1 N–H and O–H groups in total. The van der Waals surface area contributed by atoms with Crippen LogP contribution in [-0.2, 0) is 24.8 Å². The van der Waals surface area contributed by atoms with Crippen LogP contribution < -0.4 is 4.74 Å². The molecule has 1 amide bonds. The van der Waals surface area contributed by atoms with Crippen LogP contribution >= 0.6 is 0 Å². The molecule has 45 heavy (non-hydrogen) atoms. The molecule has 2 heterocycles. The zero-order chi connectivity index (χ0) is 32.3. The Balaban J connectivity index is 1.26. The molecule has 0 aliphatic heterocycles. The fraction of sp³-hybridized carbons (Fsp3) is 0.457. The van der Waals surface area contributed by atoms with Crippen LogP contribution in [0.25, 0.3) is 22.0 Å². The molecule has 2 aromatic carbocycles. The summed E-state index contributed by atoms with van der Waals surface area (Å²) in [5.41, 5.74) is 4.26. The van der Waals surface area contributed by atoms with Crippen LogP contribution in [0.4, 0.5) is 13.6 Å². The molecule has 0 radical (unpaired) electrons. The van der Waals surface area contributed by atoms with Gasteiger partial charge in [0, 0.05) is 60.9 Å². The van der Waals surface area contributed by atoms with Gasteiger partial charge < -0.3 is 19.5 Å². The third-order valence-corrected chi connectivity index (χ3v) is 9.32. The number of ether oxygens (including phenoxy) is 2. The molecule has 238 valence electrons. The number of hydrogen-bond acceptors (Lipinski definition) is 6. The summed E-state index contributed by atoms with van der Waals surface area (Å²) in [7, 11) is 3.51. The Bertz CT molecular complexity index is 1760. The molecule has 1 atom stereocenters. The van der Waals surface area contributed by atoms with E-state index in [4.69, 9.17) is 9.47 Å². The highest BCUT2D eigenvalue weighted by molar-refractivity contribution is 5.88. The number of aryl methyl sites for hydroxylation is 1. The van der Waals surface area contributed by atoms with E-state index in [-0.39, 0.29) is 24.3 Å². The molecule has 4 aromatic rings. The predicted molar refractivity (Wildman–Crippen MR) is 167 cm³/mol. The second-order valence-corrected chi connectivity index (χ2v) is 13.7. The van der Waals surface area contributed by atoms with Crippen molar-refractivity contribution in [2.24, 2.45) is 18.4 Å². The minimum Gasteiger partial charge on any atom is -0.489 e. The quantitative estimate of drug-likeness (QED) is 0.216. The highest BCUT2D eigenvalue weighted by Gasteiger charge is 2.61. The molecule has 3 aliphatic carbocycles. The van der Waals surface area contributed by atoms with Gasteiger partial charge in [-0.3, -0.25) is 9.67 Å². The first-order valence-electron chi connectivity index (χ1n) is 15.4. The fourth-order valence-electron chi connectivity index (χ4n) is 6.70. The van der Waals surface area contributed by atoms with Crippen molar-refractivity contribution in [3.63, 3.8) is 0 Å². The monoisotopic (exact) mass is 618 g/mol. The molecule has 0 saturated heterocycles. The Hall–Kier alpha value is -4.05. The third kappa shape index (κ3) is 5.76. The first kappa shape index (κ1) is 31.0. The molecule has 2 aromatic heterocycles. The SMILES string of the molecule is Cc1c(CCOc2c(-c3ccc4nccc(CN(C)C(=O)OC(C)(C)C)c4c3)ccc(F)c2F)c(C(O)C23CC(C2)C3)nn1C. The molecule has 3 fully saturated rings. The van der Waals surface area contributed by atoms with E-state index >= 15 is 4.39 Å². The normalized spacial score (nSPS) is 19.5. The fourth-order valence-corrected chi connectivity index (χ4v) is 6.70. The molecule has 3 aliphatic rings. The lowest BCUT2D eigenvalue weighted by atomic mass is 9.42. The third-order valence-electron chi connectivity index (χ3n) is 9.32. The molecule has 2 bridgehead atoms. The van der Waals surface area contributed by atoms with Crippen LogP contribution in [0.15, 0.2) is 42.6 Å². The Morgan fingerprint density at radius 3 is 2.58 bits per heavy atom. The highest BCUT2D eigenvalue weighted by atomic mass is 19.2. The van der Waals surface area contributed by atoms with Crippen molar-refractivity contribution >= 4 is 17.0 Å². The van der Waals surface area contributed by atoms with Crippen LogP contribution in [0.5, 0.6) is 5.75 Å². The largest absolute Gasteiger partial charge is 0.489 e. The molecular formula is C35H40F2N4O4. The van der Waals surface area contributed by atoms with E-state index in [0.29, 0.717) is 28.8 Å². The summed E-state index contributed by atoms with van der Waals surface area (Å²) in [6, 6.07) is 9.87. The number of hydrogen-bond donors (Lipinski definition) is 1. The van der Waals surface area contributed by atoms with Crippen molar-refractivity contribution in [3.8, 4) is 16.9 Å². The number of aliphatic hydroxyl groups is 1. The van der Waals surface area contributed by atoms with Crippen molar-refractivity contribution in [2.75, 3.05) is 13.7 Å². The number of fused-ring (bicyclic) bond motifs is 1. The van der Waals surface area contributed by atoms with E-state index in [2.05, 4.69) is 10.1 Å². The maximum absolute atomic E-state index is 15.3. The molecule has 8 nitrogen and oxygen atoms in total. The van der Waals surface area contributed by atoms with Crippen molar-refractivity contribution in [1.29, 1.82) is 0 Å². The predicted octanol–water partition coefficient (Wildman–Crippen LogP) is 7.04. The number of pyridine rings is 1. The molecule has 7 rings (SSSR count). The van der Waals surface area contributed by atoms with Crippen LogP contribution in [0.2, 0.25) is 0 Å². The van der Waals surface area contributed by atoms with Gasteiger partial charge in [0.2, 0.25) is 5.82 Å². The first-order chi connectivity index (χ1) is 21.3. The highest BCUT2D eigenvalue weighted by Crippen LogP contribution is 2.69. The van der Waals surface area contributed by atoms with Crippen LogP contribution in [-0.4, -0.2) is 50.1 Å². The van der Waals surface area contributed by atoms with Gasteiger partial charge in [0.05, 0.1) is 17.8 Å². The van der Waals surface area contributed by atoms with Crippen molar-refractivity contribution < 1.29 is 28.2 Å². The number of aromatic nitrogens is 3. The van der Waals surface area contributed by atoms with E-state index < -0.39 is 29.4 Å². The molecule has 10 heteroatoms. The Labute approximate surface area is 262 Å². The number of halogens is 2. The smallest absolute Gasteiger partial charge is 0.410 e. The van der Waals surface area contributed by atoms with Gasteiger partial charge >= 0.3 is 6.09 Å². The maximum atomic E-state index is 15.3. The average Bonchev–Trinajstić information content (AvgIpc) is 3.21. The number of amides is 1. The summed E-state index contributed by atoms with van der Waals surface area (Å²) < 4.78 is 43.1. The minimum absolute atomic E-state index is 0.0658. The average molecular weight is 619 g/mol. The van der Waals surface area contributed by atoms with Gasteiger partial charge in [0.1, 0.15) is 11.7 Å². The van der Waals surface area contributed by atoms with Gasteiger partial charge in [-0.05, 0) is 94.3 Å². The second-order valence-electron chi connectivity index (χ2n) is 13.7. The molecule has 0 spiro atoms. The van der Waals surface area contributed by atoms with Crippen molar-refractivity contribution in [3.05, 3.63) is 76.7 Å². The van der Waals surface area contributed by atoms with Crippen LogP contribution in [0, 0.1) is 29.9 Å². The van der Waals surface area contributed by atoms with E-state index in [1.165, 1.54) is 11.0 Å². The van der Waals surface area contributed by atoms with Gasteiger partial charge in [-0.1, -0.05) is 6.07 Å². The van der Waals surface area contributed by atoms with Gasteiger partial charge in [0.15, 0.2) is 11.6 Å². The summed E-state index contributed by atoms with van der Waals surface area (Å²) in [5.74, 6) is -1.54. The Kier molecular flexibility index (Phi) is 7.83. The number of carbonyl (C=O) groups is 1. The number of carbonyl (C=O) groups excluding carboxylic acids is 1. The minimum atomic E-state index is -1.07. The Morgan fingerprint density at radius 2 is 1.91 bits per heavy atom. The number of aliphatic hydroxyl groups excluding tert-OH is 1. The lowest BCUT2D eigenvalue weighted by Crippen LogP contribution is -2.55. The molecule has 3 saturated carbocycles. The molecule has 1 unspecified atom stereocenters. The summed E-state index contributed by atoms with van der Waals surface area (Å²) >= 11 is 0. The van der Waals surface area contributed by atoms with E-state index in [0.717, 1.165) is 53.5 Å². The Morgan fingerprint density at radius 1 is 1.18 bits per heavy atom. The summed E-state index contributed by atoms with van der Waals surface area (Å²) in [4.78, 5) is 18.6. The lowest BCUT2D eigenvalue weighted by Gasteiger charge is -2.63. The topological polar surface area (TPSA) is 89.7 Å². The standard InChI is InChI=1S/C35H40F2N4O4/c1-20-24(30(39-41(20)6)32(42)35-16-21(17-35)18-35)12-14-44-31-25(8-9-27(36)29(31)37)22-7-10-28-26(15-22)23(11-13-38-28)19-40(5)33(43)45-34(2,3)4/h7-11,13,15,21,32,42H,12,14,16-19H2,1-6H3. The number of benzene rings is 2. The zero-order valence-electron chi connectivity index (χ0n) is 26.7. The zero-order valence-corrected chi connectivity index (χ0v) is 26.7. The van der Waals surface area contributed by atoms with Gasteiger partial charge in [-0.2, -0.15) is 9.49 Å². The summed E-state index contributed by atoms with van der Waals surface area (Å²) in [6.07, 6.45) is 4.03.